The van der Waals surface area contributed by atoms with Gasteiger partial charge in [-0.3, -0.25) is 9.59 Å². The first kappa shape index (κ1) is 14.3. The summed E-state index contributed by atoms with van der Waals surface area (Å²) >= 11 is 0. The molecule has 1 aliphatic rings. The maximum atomic E-state index is 11.4. The molecule has 0 aromatic carbocycles. The highest BCUT2D eigenvalue weighted by molar-refractivity contribution is 5.83. The number of esters is 1. The normalized spacial score (nSPS) is 19.1. The van der Waals surface area contributed by atoms with E-state index in [4.69, 9.17) is 9.47 Å². The van der Waals surface area contributed by atoms with Crippen LogP contribution in [-0.4, -0.2) is 42.8 Å². The average molecular weight is 258 g/mol. The van der Waals surface area contributed by atoms with Gasteiger partial charge in [0.05, 0.1) is 12.5 Å². The molecule has 1 saturated heterocycles. The Morgan fingerprint density at radius 2 is 2.11 bits per heavy atom. The van der Waals surface area contributed by atoms with E-state index in [1.165, 1.54) is 0 Å². The Labute approximate surface area is 105 Å². The van der Waals surface area contributed by atoms with Gasteiger partial charge < -0.3 is 20.1 Å². The summed E-state index contributed by atoms with van der Waals surface area (Å²) in [5, 5.41) is 4.90. The lowest BCUT2D eigenvalue weighted by Gasteiger charge is -2.19. The first-order valence-corrected chi connectivity index (χ1v) is 5.68. The fourth-order valence-electron chi connectivity index (χ4n) is 1.35. The zero-order chi connectivity index (χ0) is 13.8. The zero-order valence-electron chi connectivity index (χ0n) is 10.7. The molecule has 0 unspecified atom stereocenters. The van der Waals surface area contributed by atoms with Crippen molar-refractivity contribution in [3.05, 3.63) is 0 Å². The third kappa shape index (κ3) is 5.51. The molecule has 1 fully saturated rings. The van der Waals surface area contributed by atoms with Gasteiger partial charge in [0.1, 0.15) is 18.8 Å². The first-order chi connectivity index (χ1) is 8.26. The number of hydrogen-bond acceptors (Lipinski definition) is 5. The van der Waals surface area contributed by atoms with Crippen molar-refractivity contribution in [3.8, 4) is 0 Å². The van der Waals surface area contributed by atoms with Crippen molar-refractivity contribution in [3.63, 3.8) is 0 Å². The zero-order valence-corrected chi connectivity index (χ0v) is 10.7. The van der Waals surface area contributed by atoms with Gasteiger partial charge in [-0.1, -0.05) is 0 Å². The average Bonchev–Trinajstić information content (AvgIpc) is 2.58. The lowest BCUT2D eigenvalue weighted by Crippen LogP contribution is -2.43. The van der Waals surface area contributed by atoms with Gasteiger partial charge in [-0.2, -0.15) is 0 Å². The second-order valence-corrected chi connectivity index (χ2v) is 5.01. The number of ether oxygens (including phenoxy) is 2. The van der Waals surface area contributed by atoms with Crippen molar-refractivity contribution in [1.82, 2.24) is 10.6 Å². The molecular weight excluding hydrogens is 240 g/mol. The van der Waals surface area contributed by atoms with Crippen LogP contribution in [0.2, 0.25) is 0 Å². The first-order valence-electron chi connectivity index (χ1n) is 5.68. The van der Waals surface area contributed by atoms with E-state index in [-0.39, 0.29) is 37.5 Å². The van der Waals surface area contributed by atoms with Crippen LogP contribution >= 0.6 is 0 Å². The lowest BCUT2D eigenvalue weighted by atomic mass is 10.2. The molecule has 2 amide bonds. The summed E-state index contributed by atoms with van der Waals surface area (Å²) in [7, 11) is 0. The summed E-state index contributed by atoms with van der Waals surface area (Å²) in [6.07, 6.45) is -0.491. The van der Waals surface area contributed by atoms with Gasteiger partial charge in [0.2, 0.25) is 5.91 Å². The number of amides is 2. The molecule has 1 heterocycles. The Kier molecular flexibility index (Phi) is 4.52. The van der Waals surface area contributed by atoms with Gasteiger partial charge in [0.15, 0.2) is 0 Å². The molecule has 102 valence electrons. The quantitative estimate of drug-likeness (QED) is 0.692. The number of cyclic esters (lactones) is 1. The molecule has 0 bridgehead atoms. The van der Waals surface area contributed by atoms with Gasteiger partial charge in [-0.05, 0) is 20.8 Å². The topological polar surface area (TPSA) is 93.7 Å². The van der Waals surface area contributed by atoms with Crippen molar-refractivity contribution >= 4 is 18.0 Å². The minimum Gasteiger partial charge on any atom is -0.463 e. The summed E-state index contributed by atoms with van der Waals surface area (Å²) < 4.78 is 9.66. The van der Waals surface area contributed by atoms with Crippen LogP contribution < -0.4 is 10.6 Å². The molecule has 7 nitrogen and oxygen atoms in total. The molecule has 1 rings (SSSR count). The number of alkyl carbamates (subject to hydrolysis) is 1. The molecule has 0 spiro atoms. The van der Waals surface area contributed by atoms with E-state index in [0.29, 0.717) is 0 Å². The molecule has 0 aliphatic carbocycles. The van der Waals surface area contributed by atoms with E-state index < -0.39 is 11.7 Å². The SMILES string of the molecule is CC(C)(C)OC(=O)NCC(=O)N[C@@H]1COC(=O)C1. The van der Waals surface area contributed by atoms with E-state index in [9.17, 15) is 14.4 Å². The molecule has 0 aromatic rings. The van der Waals surface area contributed by atoms with Crippen LogP contribution in [0.25, 0.3) is 0 Å². The van der Waals surface area contributed by atoms with Gasteiger partial charge >= 0.3 is 12.1 Å². The Morgan fingerprint density at radius 3 is 2.61 bits per heavy atom. The number of carbonyl (C=O) groups is 3. The van der Waals surface area contributed by atoms with Crippen LogP contribution in [0, 0.1) is 0 Å². The van der Waals surface area contributed by atoms with E-state index in [2.05, 4.69) is 10.6 Å². The van der Waals surface area contributed by atoms with Crippen molar-refractivity contribution in [2.75, 3.05) is 13.2 Å². The fourth-order valence-corrected chi connectivity index (χ4v) is 1.35. The second kappa shape index (κ2) is 5.70. The molecule has 7 heteroatoms. The van der Waals surface area contributed by atoms with E-state index >= 15 is 0 Å². The molecule has 0 saturated carbocycles. The standard InChI is InChI=1S/C11H18N2O5/c1-11(2,3)18-10(16)12-5-8(14)13-7-4-9(15)17-6-7/h7H,4-6H2,1-3H3,(H,12,16)(H,13,14)/t7-/m0/s1. The van der Waals surface area contributed by atoms with Crippen molar-refractivity contribution in [1.29, 1.82) is 0 Å². The third-order valence-electron chi connectivity index (χ3n) is 2.02. The highest BCUT2D eigenvalue weighted by atomic mass is 16.6. The number of nitrogens with one attached hydrogen (secondary N) is 2. The van der Waals surface area contributed by atoms with Gasteiger partial charge in [-0.25, -0.2) is 4.79 Å². The highest BCUT2D eigenvalue weighted by Crippen LogP contribution is 2.06. The Bertz CT molecular complexity index is 348. The van der Waals surface area contributed by atoms with Crippen molar-refractivity contribution < 1.29 is 23.9 Å². The third-order valence-corrected chi connectivity index (χ3v) is 2.02. The number of carbonyl (C=O) groups excluding carboxylic acids is 3. The summed E-state index contributed by atoms with van der Waals surface area (Å²) in [6.45, 7) is 5.17. The smallest absolute Gasteiger partial charge is 0.408 e. The van der Waals surface area contributed by atoms with Gasteiger partial charge in [0, 0.05) is 0 Å². The minimum atomic E-state index is -0.656. The van der Waals surface area contributed by atoms with Gasteiger partial charge in [-0.15, -0.1) is 0 Å². The van der Waals surface area contributed by atoms with Crippen LogP contribution in [0.15, 0.2) is 0 Å². The lowest BCUT2D eigenvalue weighted by molar-refractivity contribution is -0.138. The van der Waals surface area contributed by atoms with Crippen molar-refractivity contribution in [2.45, 2.75) is 38.8 Å². The Balaban J connectivity index is 2.21. The maximum absolute atomic E-state index is 11.4. The molecule has 0 radical (unpaired) electrons. The number of hydrogen-bond donors (Lipinski definition) is 2. The second-order valence-electron chi connectivity index (χ2n) is 5.01. The van der Waals surface area contributed by atoms with Crippen LogP contribution in [0.5, 0.6) is 0 Å². The molecule has 2 N–H and O–H groups in total. The molecule has 1 atom stereocenters. The molecule has 1 aliphatic heterocycles. The molecular formula is C11H18N2O5. The van der Waals surface area contributed by atoms with Crippen LogP contribution in [0.3, 0.4) is 0 Å². The van der Waals surface area contributed by atoms with Crippen LogP contribution in [0.1, 0.15) is 27.2 Å². The summed E-state index contributed by atoms with van der Waals surface area (Å²) in [5.41, 5.74) is -0.605. The van der Waals surface area contributed by atoms with Crippen LogP contribution in [0.4, 0.5) is 4.79 Å². The monoisotopic (exact) mass is 258 g/mol. The van der Waals surface area contributed by atoms with E-state index in [1.54, 1.807) is 20.8 Å². The van der Waals surface area contributed by atoms with Crippen LogP contribution in [-0.2, 0) is 19.1 Å². The Hall–Kier alpha value is -1.79. The van der Waals surface area contributed by atoms with E-state index in [0.717, 1.165) is 0 Å². The summed E-state index contributed by atoms with van der Waals surface area (Å²) in [6, 6.07) is -0.314. The van der Waals surface area contributed by atoms with Crippen molar-refractivity contribution in [2.24, 2.45) is 0 Å². The number of rotatable bonds is 3. The predicted octanol–water partition coefficient (Wildman–Crippen LogP) is -0.0572. The highest BCUT2D eigenvalue weighted by Gasteiger charge is 2.25. The fraction of sp³-hybridized carbons (Fsp3) is 0.727. The largest absolute Gasteiger partial charge is 0.463 e. The Morgan fingerprint density at radius 1 is 1.44 bits per heavy atom. The predicted molar refractivity (Wildman–Crippen MR) is 61.7 cm³/mol. The summed E-state index contributed by atoms with van der Waals surface area (Å²) in [4.78, 5) is 33.5. The maximum Gasteiger partial charge on any atom is 0.408 e. The molecule has 0 aromatic heterocycles. The summed E-state index contributed by atoms with van der Waals surface area (Å²) in [5.74, 6) is -0.718. The molecule has 18 heavy (non-hydrogen) atoms. The van der Waals surface area contributed by atoms with Gasteiger partial charge in [0.25, 0.3) is 0 Å². The minimum absolute atomic E-state index is 0.165. The van der Waals surface area contributed by atoms with E-state index in [1.807, 2.05) is 0 Å².